The number of nitrogen functional groups attached to an aromatic ring is 2. The quantitative estimate of drug-likeness (QED) is 0.543. The molecule has 0 radical (unpaired) electrons. The first-order valence-corrected chi connectivity index (χ1v) is 7.97. The van der Waals surface area contributed by atoms with Crippen molar-refractivity contribution in [1.29, 1.82) is 0 Å². The van der Waals surface area contributed by atoms with Crippen LogP contribution in [-0.4, -0.2) is 11.8 Å². The van der Waals surface area contributed by atoms with Gasteiger partial charge in [-0.25, -0.2) is 0 Å². The third-order valence-corrected chi connectivity index (χ3v) is 3.81. The van der Waals surface area contributed by atoms with E-state index in [9.17, 15) is 9.59 Å². The van der Waals surface area contributed by atoms with E-state index in [0.29, 0.717) is 11.4 Å². The van der Waals surface area contributed by atoms with Gasteiger partial charge in [-0.15, -0.1) is 0 Å². The molecule has 6 heteroatoms. The molecular weight excluding hydrogens is 328 g/mol. The van der Waals surface area contributed by atoms with Crippen LogP contribution < -0.4 is 22.1 Å². The zero-order valence-electron chi connectivity index (χ0n) is 13.9. The van der Waals surface area contributed by atoms with Crippen molar-refractivity contribution in [3.8, 4) is 0 Å². The SMILES string of the molecule is Nc1ccc(C(=O)Nc2ccccc2)c(N)c1C(=O)Nc1ccccc1. The van der Waals surface area contributed by atoms with Gasteiger partial charge in [0.15, 0.2) is 0 Å². The molecule has 130 valence electrons. The maximum atomic E-state index is 12.6. The van der Waals surface area contributed by atoms with Crippen LogP contribution in [-0.2, 0) is 0 Å². The highest BCUT2D eigenvalue weighted by molar-refractivity contribution is 6.16. The normalized spacial score (nSPS) is 10.2. The lowest BCUT2D eigenvalue weighted by Crippen LogP contribution is -2.20. The van der Waals surface area contributed by atoms with Crippen LogP contribution in [0.3, 0.4) is 0 Å². The third kappa shape index (κ3) is 3.64. The lowest BCUT2D eigenvalue weighted by molar-refractivity contribution is 0.102. The predicted molar refractivity (Wildman–Crippen MR) is 104 cm³/mol. The molecule has 3 rings (SSSR count). The van der Waals surface area contributed by atoms with E-state index in [0.717, 1.165) is 0 Å². The topological polar surface area (TPSA) is 110 Å². The maximum absolute atomic E-state index is 12.6. The van der Waals surface area contributed by atoms with Gasteiger partial charge >= 0.3 is 0 Å². The number of para-hydroxylation sites is 2. The molecule has 0 saturated carbocycles. The van der Waals surface area contributed by atoms with Crippen molar-refractivity contribution in [1.82, 2.24) is 0 Å². The number of hydrogen-bond donors (Lipinski definition) is 4. The average Bonchev–Trinajstić information content (AvgIpc) is 2.63. The van der Waals surface area contributed by atoms with Crippen LogP contribution in [0.5, 0.6) is 0 Å². The van der Waals surface area contributed by atoms with E-state index in [1.54, 1.807) is 48.5 Å². The zero-order chi connectivity index (χ0) is 18.5. The van der Waals surface area contributed by atoms with Crippen LogP contribution in [0.15, 0.2) is 72.8 Å². The van der Waals surface area contributed by atoms with Gasteiger partial charge in [-0.05, 0) is 36.4 Å². The van der Waals surface area contributed by atoms with Crippen LogP contribution in [0, 0.1) is 0 Å². The van der Waals surface area contributed by atoms with E-state index >= 15 is 0 Å². The van der Waals surface area contributed by atoms with Gasteiger partial charge in [-0.2, -0.15) is 0 Å². The Bertz CT molecular complexity index is 941. The highest BCUT2D eigenvalue weighted by Crippen LogP contribution is 2.26. The standard InChI is InChI=1S/C20H18N4O2/c21-16-12-11-15(19(25)23-13-7-3-1-4-8-13)18(22)17(16)20(26)24-14-9-5-2-6-10-14/h1-12H,21-22H2,(H,23,25)(H,24,26). The molecule has 0 spiro atoms. The Labute approximate surface area is 150 Å². The number of nitrogens with two attached hydrogens (primary N) is 2. The Balaban J connectivity index is 1.88. The van der Waals surface area contributed by atoms with Crippen LogP contribution in [0.25, 0.3) is 0 Å². The Morgan fingerprint density at radius 1 is 0.654 bits per heavy atom. The van der Waals surface area contributed by atoms with Gasteiger partial charge in [0.25, 0.3) is 11.8 Å². The Hall–Kier alpha value is -3.80. The second-order valence-corrected chi connectivity index (χ2v) is 5.63. The Morgan fingerprint density at radius 2 is 1.15 bits per heavy atom. The molecule has 0 aliphatic rings. The molecular formula is C20H18N4O2. The molecule has 0 fully saturated rings. The van der Waals surface area contributed by atoms with Gasteiger partial charge in [0, 0.05) is 17.1 Å². The lowest BCUT2D eigenvalue weighted by Gasteiger charge is -2.14. The van der Waals surface area contributed by atoms with Crippen molar-refractivity contribution in [3.63, 3.8) is 0 Å². The number of carbonyl (C=O) groups excluding carboxylic acids is 2. The number of carbonyl (C=O) groups is 2. The van der Waals surface area contributed by atoms with Gasteiger partial charge in [0.05, 0.1) is 16.8 Å². The molecule has 0 aliphatic heterocycles. The van der Waals surface area contributed by atoms with E-state index < -0.39 is 11.8 Å². The fourth-order valence-corrected chi connectivity index (χ4v) is 2.52. The highest BCUT2D eigenvalue weighted by Gasteiger charge is 2.20. The predicted octanol–water partition coefficient (Wildman–Crippen LogP) is 3.36. The lowest BCUT2D eigenvalue weighted by atomic mass is 10.0. The third-order valence-electron chi connectivity index (χ3n) is 3.81. The molecule has 0 atom stereocenters. The van der Waals surface area contributed by atoms with Crippen LogP contribution in [0.1, 0.15) is 20.7 Å². The summed E-state index contributed by atoms with van der Waals surface area (Å²) in [5, 5.41) is 5.47. The average molecular weight is 346 g/mol. The Kier molecular flexibility index (Phi) is 4.85. The molecule has 0 heterocycles. The van der Waals surface area contributed by atoms with Gasteiger partial charge in [-0.1, -0.05) is 36.4 Å². The van der Waals surface area contributed by atoms with Crippen LogP contribution >= 0.6 is 0 Å². The van der Waals surface area contributed by atoms with Crippen molar-refractivity contribution in [3.05, 3.63) is 83.9 Å². The monoisotopic (exact) mass is 346 g/mol. The first-order valence-electron chi connectivity index (χ1n) is 7.97. The summed E-state index contributed by atoms with van der Waals surface area (Å²) in [5.74, 6) is -0.886. The summed E-state index contributed by atoms with van der Waals surface area (Å²) in [7, 11) is 0. The number of rotatable bonds is 4. The van der Waals surface area contributed by atoms with Crippen molar-refractivity contribution in [2.75, 3.05) is 22.1 Å². The van der Waals surface area contributed by atoms with E-state index in [-0.39, 0.29) is 22.5 Å². The maximum Gasteiger partial charge on any atom is 0.259 e. The first-order chi connectivity index (χ1) is 12.6. The highest BCUT2D eigenvalue weighted by atomic mass is 16.2. The fraction of sp³-hybridized carbons (Fsp3) is 0. The number of nitrogens with one attached hydrogen (secondary N) is 2. The van der Waals surface area contributed by atoms with E-state index in [2.05, 4.69) is 10.6 Å². The minimum absolute atomic E-state index is 0.0341. The molecule has 3 aromatic rings. The Morgan fingerprint density at radius 3 is 1.69 bits per heavy atom. The summed E-state index contributed by atoms with van der Waals surface area (Å²) < 4.78 is 0. The van der Waals surface area contributed by atoms with E-state index in [1.165, 1.54) is 12.1 Å². The molecule has 0 aromatic heterocycles. The number of amides is 2. The largest absolute Gasteiger partial charge is 0.398 e. The smallest absolute Gasteiger partial charge is 0.259 e. The van der Waals surface area contributed by atoms with Crippen molar-refractivity contribution < 1.29 is 9.59 Å². The van der Waals surface area contributed by atoms with Crippen LogP contribution in [0.4, 0.5) is 22.7 Å². The van der Waals surface area contributed by atoms with Gasteiger partial charge in [0.2, 0.25) is 0 Å². The summed E-state index contributed by atoms with van der Waals surface area (Å²) in [5.41, 5.74) is 13.7. The van der Waals surface area contributed by atoms with Gasteiger partial charge in [-0.3, -0.25) is 9.59 Å². The summed E-state index contributed by atoms with van der Waals surface area (Å²) >= 11 is 0. The number of anilines is 4. The molecule has 0 unspecified atom stereocenters. The molecule has 6 N–H and O–H groups in total. The second-order valence-electron chi connectivity index (χ2n) is 5.63. The summed E-state index contributed by atoms with van der Waals surface area (Å²) in [6.07, 6.45) is 0. The molecule has 0 saturated heterocycles. The second kappa shape index (κ2) is 7.40. The summed E-state index contributed by atoms with van der Waals surface area (Å²) in [6.45, 7) is 0. The molecule has 26 heavy (non-hydrogen) atoms. The number of benzene rings is 3. The molecule has 2 amide bonds. The minimum atomic E-state index is -0.472. The minimum Gasteiger partial charge on any atom is -0.398 e. The van der Waals surface area contributed by atoms with E-state index in [1.807, 2.05) is 12.1 Å². The zero-order valence-corrected chi connectivity index (χ0v) is 13.9. The fourth-order valence-electron chi connectivity index (χ4n) is 2.52. The molecule has 0 bridgehead atoms. The van der Waals surface area contributed by atoms with Crippen LogP contribution in [0.2, 0.25) is 0 Å². The summed E-state index contributed by atoms with van der Waals surface area (Å²) in [6, 6.07) is 20.9. The molecule has 6 nitrogen and oxygen atoms in total. The molecule has 0 aliphatic carbocycles. The first kappa shape index (κ1) is 17.0. The van der Waals surface area contributed by atoms with E-state index in [4.69, 9.17) is 11.5 Å². The van der Waals surface area contributed by atoms with Crippen molar-refractivity contribution in [2.24, 2.45) is 0 Å². The summed E-state index contributed by atoms with van der Waals surface area (Å²) in [4.78, 5) is 25.1. The number of hydrogen-bond acceptors (Lipinski definition) is 4. The van der Waals surface area contributed by atoms with Crippen molar-refractivity contribution >= 4 is 34.6 Å². The van der Waals surface area contributed by atoms with Gasteiger partial charge in [0.1, 0.15) is 0 Å². The van der Waals surface area contributed by atoms with Crippen molar-refractivity contribution in [2.45, 2.75) is 0 Å². The molecule has 3 aromatic carbocycles. The van der Waals surface area contributed by atoms with Gasteiger partial charge < -0.3 is 22.1 Å².